The fourth-order valence-corrected chi connectivity index (χ4v) is 4.57. The molecule has 0 aromatic heterocycles. The van der Waals surface area contributed by atoms with Crippen molar-refractivity contribution in [3.05, 3.63) is 71.3 Å². The van der Waals surface area contributed by atoms with E-state index >= 15 is 0 Å². The summed E-state index contributed by atoms with van der Waals surface area (Å²) in [5.74, 6) is 0.365. The highest BCUT2D eigenvalue weighted by Crippen LogP contribution is 2.20. The summed E-state index contributed by atoms with van der Waals surface area (Å²) in [7, 11) is 0. The zero-order valence-electron chi connectivity index (χ0n) is 17.4. The Balaban J connectivity index is 1.21. The van der Waals surface area contributed by atoms with Gasteiger partial charge in [0.25, 0.3) is 0 Å². The summed E-state index contributed by atoms with van der Waals surface area (Å²) in [6, 6.07) is 19.3. The SMILES string of the molecule is O=C(NCc1cccc(CN2CCCC2)c1)C1CCN(Cc2ccccc2)CC1. The Morgan fingerprint density at radius 3 is 2.17 bits per heavy atom. The van der Waals surface area contributed by atoms with E-state index in [0.29, 0.717) is 6.54 Å². The van der Waals surface area contributed by atoms with E-state index in [4.69, 9.17) is 0 Å². The first-order valence-electron chi connectivity index (χ1n) is 11.1. The van der Waals surface area contributed by atoms with Gasteiger partial charge < -0.3 is 5.32 Å². The predicted octanol–water partition coefficient (Wildman–Crippen LogP) is 3.81. The van der Waals surface area contributed by atoms with Crippen molar-refractivity contribution >= 4 is 5.91 Å². The summed E-state index contributed by atoms with van der Waals surface area (Å²) in [5.41, 5.74) is 3.91. The molecule has 2 saturated heterocycles. The van der Waals surface area contributed by atoms with E-state index in [1.807, 2.05) is 0 Å². The number of rotatable bonds is 7. The van der Waals surface area contributed by atoms with Gasteiger partial charge in [0.15, 0.2) is 0 Å². The number of nitrogens with one attached hydrogen (secondary N) is 1. The molecule has 0 unspecified atom stereocenters. The average Bonchev–Trinajstić information content (AvgIpc) is 3.27. The van der Waals surface area contributed by atoms with Gasteiger partial charge in [0.2, 0.25) is 5.91 Å². The van der Waals surface area contributed by atoms with Crippen molar-refractivity contribution in [3.8, 4) is 0 Å². The first-order chi connectivity index (χ1) is 14.3. The fraction of sp³-hybridized carbons (Fsp3) is 0.480. The Labute approximate surface area is 174 Å². The highest BCUT2D eigenvalue weighted by molar-refractivity contribution is 5.78. The first kappa shape index (κ1) is 20.1. The summed E-state index contributed by atoms with van der Waals surface area (Å²) in [5, 5.41) is 3.18. The quantitative estimate of drug-likeness (QED) is 0.780. The summed E-state index contributed by atoms with van der Waals surface area (Å²) < 4.78 is 0. The first-order valence-corrected chi connectivity index (χ1v) is 11.1. The molecule has 0 atom stereocenters. The van der Waals surface area contributed by atoms with E-state index < -0.39 is 0 Å². The zero-order chi connectivity index (χ0) is 19.9. The predicted molar refractivity (Wildman–Crippen MR) is 117 cm³/mol. The maximum Gasteiger partial charge on any atom is 0.223 e. The van der Waals surface area contributed by atoms with Gasteiger partial charge in [-0.15, -0.1) is 0 Å². The van der Waals surface area contributed by atoms with Crippen LogP contribution in [0.3, 0.4) is 0 Å². The van der Waals surface area contributed by atoms with E-state index in [9.17, 15) is 4.79 Å². The topological polar surface area (TPSA) is 35.6 Å². The van der Waals surface area contributed by atoms with Gasteiger partial charge in [-0.1, -0.05) is 54.6 Å². The van der Waals surface area contributed by atoms with Crippen molar-refractivity contribution in [3.63, 3.8) is 0 Å². The van der Waals surface area contributed by atoms with Gasteiger partial charge in [-0.3, -0.25) is 14.6 Å². The molecule has 0 spiro atoms. The van der Waals surface area contributed by atoms with Gasteiger partial charge in [0.1, 0.15) is 0 Å². The molecule has 2 aromatic carbocycles. The Bertz CT molecular complexity index is 778. The van der Waals surface area contributed by atoms with E-state index in [2.05, 4.69) is 69.7 Å². The van der Waals surface area contributed by atoms with Gasteiger partial charge >= 0.3 is 0 Å². The number of nitrogens with zero attached hydrogens (tertiary/aromatic N) is 2. The molecular weight excluding hydrogens is 358 g/mol. The molecule has 4 rings (SSSR count). The molecule has 1 N–H and O–H groups in total. The Kier molecular flexibility index (Phi) is 6.96. The zero-order valence-corrected chi connectivity index (χ0v) is 17.4. The molecule has 0 saturated carbocycles. The van der Waals surface area contributed by atoms with Crippen LogP contribution in [0.15, 0.2) is 54.6 Å². The van der Waals surface area contributed by atoms with Gasteiger partial charge in [-0.25, -0.2) is 0 Å². The molecule has 2 aliphatic heterocycles. The normalized spacial score (nSPS) is 18.8. The van der Waals surface area contributed by atoms with Crippen LogP contribution < -0.4 is 5.32 Å². The van der Waals surface area contributed by atoms with Crippen molar-refractivity contribution in [2.24, 2.45) is 5.92 Å². The van der Waals surface area contributed by atoms with Crippen LogP contribution in [0.4, 0.5) is 0 Å². The molecule has 1 amide bonds. The van der Waals surface area contributed by atoms with Crippen LogP contribution in [-0.4, -0.2) is 41.9 Å². The van der Waals surface area contributed by atoms with Gasteiger partial charge in [-0.05, 0) is 68.6 Å². The van der Waals surface area contributed by atoms with Crippen LogP contribution in [0.25, 0.3) is 0 Å². The number of hydrogen-bond donors (Lipinski definition) is 1. The van der Waals surface area contributed by atoms with Gasteiger partial charge in [0.05, 0.1) is 0 Å². The van der Waals surface area contributed by atoms with Crippen molar-refractivity contribution in [2.45, 2.75) is 45.3 Å². The van der Waals surface area contributed by atoms with Gasteiger partial charge in [-0.2, -0.15) is 0 Å². The molecule has 4 heteroatoms. The molecule has 2 aliphatic rings. The summed E-state index contributed by atoms with van der Waals surface area (Å²) in [6.45, 7) is 7.07. The smallest absolute Gasteiger partial charge is 0.223 e. The largest absolute Gasteiger partial charge is 0.352 e. The third-order valence-electron chi connectivity index (χ3n) is 6.27. The van der Waals surface area contributed by atoms with Crippen molar-refractivity contribution in [1.82, 2.24) is 15.1 Å². The Morgan fingerprint density at radius 1 is 0.793 bits per heavy atom. The molecule has 2 aromatic rings. The number of amides is 1. The van der Waals surface area contributed by atoms with Crippen LogP contribution in [0.2, 0.25) is 0 Å². The number of carbonyl (C=O) groups is 1. The van der Waals surface area contributed by atoms with Crippen LogP contribution >= 0.6 is 0 Å². The number of benzene rings is 2. The second-order valence-corrected chi connectivity index (χ2v) is 8.56. The second kappa shape index (κ2) is 10.0. The van der Waals surface area contributed by atoms with Crippen LogP contribution in [-0.2, 0) is 24.4 Å². The minimum Gasteiger partial charge on any atom is -0.352 e. The molecule has 2 heterocycles. The Hall–Kier alpha value is -2.17. The average molecular weight is 392 g/mol. The number of carbonyl (C=O) groups excluding carboxylic acids is 1. The Morgan fingerprint density at radius 2 is 1.41 bits per heavy atom. The lowest BCUT2D eigenvalue weighted by atomic mass is 9.95. The molecule has 0 radical (unpaired) electrons. The summed E-state index contributed by atoms with van der Waals surface area (Å²) in [4.78, 5) is 17.6. The second-order valence-electron chi connectivity index (χ2n) is 8.56. The summed E-state index contributed by atoms with van der Waals surface area (Å²) in [6.07, 6.45) is 4.54. The van der Waals surface area contributed by atoms with Gasteiger partial charge in [0, 0.05) is 25.6 Å². The van der Waals surface area contributed by atoms with Crippen molar-refractivity contribution < 1.29 is 4.79 Å². The third-order valence-corrected chi connectivity index (χ3v) is 6.27. The van der Waals surface area contributed by atoms with Crippen molar-refractivity contribution in [2.75, 3.05) is 26.2 Å². The molecule has 4 nitrogen and oxygen atoms in total. The van der Waals surface area contributed by atoms with E-state index in [-0.39, 0.29) is 11.8 Å². The van der Waals surface area contributed by atoms with Crippen LogP contribution in [0.5, 0.6) is 0 Å². The monoisotopic (exact) mass is 391 g/mol. The van der Waals surface area contributed by atoms with E-state index in [1.54, 1.807) is 0 Å². The molecule has 0 bridgehead atoms. The molecule has 29 heavy (non-hydrogen) atoms. The minimum absolute atomic E-state index is 0.148. The lowest BCUT2D eigenvalue weighted by molar-refractivity contribution is -0.126. The lowest BCUT2D eigenvalue weighted by Gasteiger charge is -2.31. The minimum atomic E-state index is 0.148. The maximum atomic E-state index is 12.7. The van der Waals surface area contributed by atoms with E-state index in [0.717, 1.165) is 39.0 Å². The highest BCUT2D eigenvalue weighted by atomic mass is 16.1. The molecular formula is C25H33N3O. The maximum absolute atomic E-state index is 12.7. The van der Waals surface area contributed by atoms with Crippen molar-refractivity contribution in [1.29, 1.82) is 0 Å². The lowest BCUT2D eigenvalue weighted by Crippen LogP contribution is -2.40. The van der Waals surface area contributed by atoms with Crippen LogP contribution in [0, 0.1) is 5.92 Å². The number of piperidine rings is 1. The number of hydrogen-bond acceptors (Lipinski definition) is 3. The molecule has 154 valence electrons. The standard InChI is InChI=1S/C25H33N3O/c29-25(24-11-15-28(16-12-24)19-21-7-2-1-3-8-21)26-18-22-9-6-10-23(17-22)20-27-13-4-5-14-27/h1-3,6-10,17,24H,4-5,11-16,18-20H2,(H,26,29). The third kappa shape index (κ3) is 5.91. The molecule has 0 aliphatic carbocycles. The fourth-order valence-electron chi connectivity index (χ4n) is 4.57. The number of likely N-dealkylation sites (tertiary alicyclic amines) is 2. The van der Waals surface area contributed by atoms with E-state index in [1.165, 1.54) is 42.6 Å². The van der Waals surface area contributed by atoms with Crippen LogP contribution in [0.1, 0.15) is 42.4 Å². The summed E-state index contributed by atoms with van der Waals surface area (Å²) >= 11 is 0. The highest BCUT2D eigenvalue weighted by Gasteiger charge is 2.24. The molecule has 2 fully saturated rings.